The van der Waals surface area contributed by atoms with Gasteiger partial charge in [0, 0.05) is 48.5 Å². The second-order valence-corrected chi connectivity index (χ2v) is 13.1. The van der Waals surface area contributed by atoms with Crippen LogP contribution >= 0.6 is 22.6 Å². The van der Waals surface area contributed by atoms with E-state index in [4.69, 9.17) is 14.2 Å². The molecule has 5 atom stereocenters. The molecule has 0 aromatic heterocycles. The molecular formula is C34H36INO11. The largest absolute Gasteiger partial charge is 0.507 e. The van der Waals surface area contributed by atoms with Gasteiger partial charge in [0.2, 0.25) is 5.78 Å². The molecule has 0 heterocycles. The first-order valence-corrected chi connectivity index (χ1v) is 16.0. The number of aliphatic hydroxyl groups excluding tert-OH is 1. The van der Waals surface area contributed by atoms with Crippen molar-refractivity contribution >= 4 is 39.9 Å². The fourth-order valence-corrected chi connectivity index (χ4v) is 6.75. The lowest BCUT2D eigenvalue weighted by Crippen LogP contribution is -2.46. The van der Waals surface area contributed by atoms with E-state index in [-0.39, 0.29) is 52.6 Å². The fourth-order valence-electron chi connectivity index (χ4n) is 6.17. The normalized spacial score (nSPS) is 20.5. The van der Waals surface area contributed by atoms with Gasteiger partial charge in [-0.25, -0.2) is 0 Å². The molecule has 3 aromatic rings. The molecule has 12 nitrogen and oxygen atoms in total. The number of halogens is 1. The Morgan fingerprint density at radius 3 is 2.40 bits per heavy atom. The minimum absolute atomic E-state index is 0.0316. The Morgan fingerprint density at radius 1 is 1.06 bits per heavy atom. The lowest BCUT2D eigenvalue weighted by atomic mass is 9.72. The summed E-state index contributed by atoms with van der Waals surface area (Å²) in [5.74, 6) is -3.15. The molecule has 0 amide bonds. The van der Waals surface area contributed by atoms with Gasteiger partial charge in [-0.05, 0) is 67.1 Å². The van der Waals surface area contributed by atoms with Crippen molar-refractivity contribution in [3.8, 4) is 23.0 Å². The Hall–Kier alpha value is -3.60. The molecule has 250 valence electrons. The van der Waals surface area contributed by atoms with E-state index in [0.29, 0.717) is 10.1 Å². The average Bonchev–Trinajstić information content (AvgIpc) is 3.01. The first-order chi connectivity index (χ1) is 22.2. The highest BCUT2D eigenvalue weighted by molar-refractivity contribution is 14.1. The van der Waals surface area contributed by atoms with Gasteiger partial charge in [-0.1, -0.05) is 18.2 Å². The average molecular weight is 762 g/mol. The van der Waals surface area contributed by atoms with Crippen LogP contribution in [-0.2, 0) is 27.2 Å². The van der Waals surface area contributed by atoms with Gasteiger partial charge < -0.3 is 45.1 Å². The first-order valence-electron chi connectivity index (χ1n) is 15.0. The molecule has 0 fully saturated rings. The van der Waals surface area contributed by atoms with Gasteiger partial charge >= 0.3 is 0 Å². The summed E-state index contributed by atoms with van der Waals surface area (Å²) in [6.45, 7) is 4.83. The van der Waals surface area contributed by atoms with E-state index >= 15 is 0 Å². The summed E-state index contributed by atoms with van der Waals surface area (Å²) >= 11 is 2.03. The van der Waals surface area contributed by atoms with Crippen LogP contribution in [0.4, 0.5) is 0 Å². The molecule has 1 unspecified atom stereocenters. The summed E-state index contributed by atoms with van der Waals surface area (Å²) in [6, 6.07) is 9.33. The van der Waals surface area contributed by atoms with Crippen LogP contribution in [0.5, 0.6) is 23.0 Å². The van der Waals surface area contributed by atoms with Gasteiger partial charge in [-0.3, -0.25) is 14.4 Å². The molecule has 0 spiro atoms. The maximum Gasteiger partial charge on any atom is 0.202 e. The number of methoxy groups -OCH3 is 1. The number of benzene rings is 3. The third kappa shape index (κ3) is 6.60. The van der Waals surface area contributed by atoms with Crippen molar-refractivity contribution < 1.29 is 54.1 Å². The van der Waals surface area contributed by atoms with Gasteiger partial charge in [-0.2, -0.15) is 0 Å². The molecule has 13 heteroatoms. The van der Waals surface area contributed by atoms with Gasteiger partial charge in [0.15, 0.2) is 24.1 Å². The van der Waals surface area contributed by atoms with E-state index in [1.165, 1.54) is 39.2 Å². The molecule has 0 radical (unpaired) electrons. The highest BCUT2D eigenvalue weighted by Crippen LogP contribution is 2.52. The quantitative estimate of drug-likeness (QED) is 0.0738. The summed E-state index contributed by atoms with van der Waals surface area (Å²) in [4.78, 5) is 40.3. The number of aromatic hydroxyl groups is 3. The summed E-state index contributed by atoms with van der Waals surface area (Å²) in [5, 5.41) is 58.0. The Labute approximate surface area is 284 Å². The van der Waals surface area contributed by atoms with Gasteiger partial charge in [0.1, 0.15) is 28.6 Å². The molecular weight excluding hydrogens is 725 g/mol. The minimum Gasteiger partial charge on any atom is -0.507 e. The van der Waals surface area contributed by atoms with Crippen LogP contribution in [0, 0.1) is 3.57 Å². The smallest absolute Gasteiger partial charge is 0.202 e. The lowest BCUT2D eigenvalue weighted by Gasteiger charge is -2.40. The first kappa shape index (κ1) is 34.7. The summed E-state index contributed by atoms with van der Waals surface area (Å²) in [5.41, 5.74) is -2.35. The van der Waals surface area contributed by atoms with Gasteiger partial charge in [0.25, 0.3) is 0 Å². The van der Waals surface area contributed by atoms with E-state index in [0.717, 1.165) is 5.56 Å². The number of phenolic OH excluding ortho intramolecular Hbond substituents is 3. The third-order valence-electron chi connectivity index (χ3n) is 8.61. The van der Waals surface area contributed by atoms with Crippen molar-refractivity contribution in [2.24, 2.45) is 0 Å². The van der Waals surface area contributed by atoms with Crippen LogP contribution in [0.1, 0.15) is 88.3 Å². The highest BCUT2D eigenvalue weighted by Gasteiger charge is 2.49. The van der Waals surface area contributed by atoms with Crippen molar-refractivity contribution in [1.82, 2.24) is 5.32 Å². The highest BCUT2D eigenvalue weighted by atomic mass is 127. The number of fused-ring (bicyclic) bond motifs is 3. The standard InChI is InChI=1S/C34H36INO11/c1-15(36-14-18-8-9-22(39)21(35)11-18)10-25(46-17(3)38)47-24-13-34(44,16(2)37)12-20-27(24)33(43)29-28(31(20)41)30(40)19-6-5-7-23(45-4)26(19)32(29)42/h5-9,11,15,17,24-25,36,38-39,41,43-44H,10,12-14H2,1-4H3/t15-,17?,24-,25-,34-/m0/s1. The van der Waals surface area contributed by atoms with Crippen LogP contribution in [-0.4, -0.2) is 74.2 Å². The zero-order valence-corrected chi connectivity index (χ0v) is 28.3. The lowest BCUT2D eigenvalue weighted by molar-refractivity contribution is -0.249. The predicted molar refractivity (Wildman–Crippen MR) is 176 cm³/mol. The van der Waals surface area contributed by atoms with E-state index in [1.807, 2.05) is 35.6 Å². The number of hydrogen-bond acceptors (Lipinski definition) is 12. The van der Waals surface area contributed by atoms with E-state index in [9.17, 15) is 39.9 Å². The monoisotopic (exact) mass is 761 g/mol. The number of hydrogen-bond donors (Lipinski definition) is 6. The minimum atomic E-state index is -2.06. The molecule has 0 bridgehead atoms. The van der Waals surface area contributed by atoms with Crippen molar-refractivity contribution in [3.05, 3.63) is 78.9 Å². The third-order valence-corrected chi connectivity index (χ3v) is 9.47. The number of rotatable bonds is 11. The van der Waals surface area contributed by atoms with E-state index in [2.05, 4.69) is 5.32 Å². The van der Waals surface area contributed by atoms with Crippen molar-refractivity contribution in [2.45, 2.75) is 76.9 Å². The summed E-state index contributed by atoms with van der Waals surface area (Å²) < 4.78 is 17.9. The van der Waals surface area contributed by atoms with E-state index < -0.39 is 70.7 Å². The summed E-state index contributed by atoms with van der Waals surface area (Å²) in [7, 11) is 1.34. The Balaban J connectivity index is 1.53. The SMILES string of the molecule is COc1cccc2c1C(=O)c1c(O)c3c(c(O)c1C2=O)C[C@@](O)(C(C)=O)C[C@@H]3O[C@@H](C[C@H](C)NCc1ccc(O)c(I)c1)OC(C)O. The molecule has 5 rings (SSSR count). The van der Waals surface area contributed by atoms with Crippen LogP contribution in [0.2, 0.25) is 0 Å². The number of carbonyl (C=O) groups is 3. The zero-order valence-electron chi connectivity index (χ0n) is 26.2. The number of ketones is 3. The van der Waals surface area contributed by atoms with Gasteiger partial charge in [-0.15, -0.1) is 0 Å². The number of ether oxygens (including phenoxy) is 3. The molecule has 47 heavy (non-hydrogen) atoms. The van der Waals surface area contributed by atoms with Crippen LogP contribution < -0.4 is 10.1 Å². The predicted octanol–water partition coefficient (Wildman–Crippen LogP) is 3.77. The topological polar surface area (TPSA) is 192 Å². The van der Waals surface area contributed by atoms with Gasteiger partial charge in [0.05, 0.1) is 33.5 Å². The molecule has 2 aliphatic carbocycles. The number of phenols is 3. The molecule has 0 saturated heterocycles. The second kappa shape index (κ2) is 13.5. The van der Waals surface area contributed by atoms with Crippen molar-refractivity contribution in [2.75, 3.05) is 7.11 Å². The molecule has 0 aliphatic heterocycles. The van der Waals surface area contributed by atoms with Crippen LogP contribution in [0.15, 0.2) is 36.4 Å². The number of nitrogens with one attached hydrogen (secondary N) is 1. The molecule has 6 N–H and O–H groups in total. The molecule has 2 aliphatic rings. The Kier molecular flexibility index (Phi) is 9.97. The van der Waals surface area contributed by atoms with Crippen molar-refractivity contribution in [1.29, 1.82) is 0 Å². The maximum absolute atomic E-state index is 13.8. The molecule has 3 aromatic carbocycles. The fraction of sp³-hybridized carbons (Fsp3) is 0.382. The van der Waals surface area contributed by atoms with Crippen LogP contribution in [0.3, 0.4) is 0 Å². The molecule has 0 saturated carbocycles. The Bertz CT molecular complexity index is 1760. The van der Waals surface area contributed by atoms with E-state index in [1.54, 1.807) is 12.1 Å². The summed E-state index contributed by atoms with van der Waals surface area (Å²) in [6.07, 6.45) is -4.47. The Morgan fingerprint density at radius 2 is 1.77 bits per heavy atom. The number of carbonyl (C=O) groups excluding carboxylic acids is 3. The zero-order chi connectivity index (χ0) is 34.4. The van der Waals surface area contributed by atoms with Crippen LogP contribution in [0.25, 0.3) is 0 Å². The number of Topliss-reactive ketones (excluding diaryl/α,β-unsaturated/α-hetero) is 1. The number of aliphatic hydroxyl groups is 2. The van der Waals surface area contributed by atoms with Crippen molar-refractivity contribution in [3.63, 3.8) is 0 Å². The second-order valence-electron chi connectivity index (χ2n) is 11.9. The maximum atomic E-state index is 13.8.